The molecule has 2 N–H and O–H groups in total. The number of aliphatic hydroxyl groups excluding tert-OH is 2. The second-order valence-corrected chi connectivity index (χ2v) is 10.3. The molecular weight excluding hydrogens is 426 g/mol. The zero-order valence-electron chi connectivity index (χ0n) is 19.7. The van der Waals surface area contributed by atoms with Gasteiger partial charge in [0.05, 0.1) is 42.0 Å². The van der Waals surface area contributed by atoms with Crippen molar-refractivity contribution < 1.29 is 10.2 Å². The van der Waals surface area contributed by atoms with Crippen LogP contribution in [0.3, 0.4) is 0 Å². The van der Waals surface area contributed by atoms with Crippen LogP contribution in [0.25, 0.3) is 22.3 Å². The number of anilines is 1. The summed E-state index contributed by atoms with van der Waals surface area (Å²) in [7, 11) is 0. The summed E-state index contributed by atoms with van der Waals surface area (Å²) in [4.78, 5) is 16.8. The third-order valence-corrected chi connectivity index (χ3v) is 8.22. The van der Waals surface area contributed by atoms with Crippen molar-refractivity contribution in [2.75, 3.05) is 31.2 Å². The fourth-order valence-corrected chi connectivity index (χ4v) is 5.88. The number of hydrogen-bond acceptors (Lipinski definition) is 6. The first-order valence-corrected chi connectivity index (χ1v) is 12.7. The quantitative estimate of drug-likeness (QED) is 0.589. The maximum absolute atomic E-state index is 9.77. The summed E-state index contributed by atoms with van der Waals surface area (Å²) in [6.07, 6.45) is 12.7. The molecule has 0 bridgehead atoms. The molecule has 4 heterocycles. The van der Waals surface area contributed by atoms with Crippen molar-refractivity contribution in [3.05, 3.63) is 36.2 Å². The average Bonchev–Trinajstić information content (AvgIpc) is 3.55. The Hall–Kier alpha value is -2.77. The molecule has 2 fully saturated rings. The maximum atomic E-state index is 9.77. The van der Waals surface area contributed by atoms with Crippen molar-refractivity contribution in [2.45, 2.75) is 57.4 Å². The summed E-state index contributed by atoms with van der Waals surface area (Å²) in [6, 6.07) is 9.25. The molecule has 6 rings (SSSR count). The molecule has 2 aromatic heterocycles. The van der Waals surface area contributed by atoms with Crippen molar-refractivity contribution >= 4 is 28.8 Å². The van der Waals surface area contributed by atoms with E-state index in [1.165, 1.54) is 43.2 Å². The van der Waals surface area contributed by atoms with Crippen molar-refractivity contribution in [2.24, 2.45) is 10.4 Å². The fraction of sp³-hybridized carbons (Fsp3) is 0.519. The SMILES string of the molecule is OCC1(CO)CCN(c2cc3c(c(-c4ccc5c(c4)ncn5C4CCCCC4)n2)N=CC3)CC1. The van der Waals surface area contributed by atoms with Gasteiger partial charge in [-0.15, -0.1) is 0 Å². The van der Waals surface area contributed by atoms with Gasteiger partial charge in [-0.05, 0) is 49.4 Å². The predicted molar refractivity (Wildman–Crippen MR) is 135 cm³/mol. The second-order valence-electron chi connectivity index (χ2n) is 10.3. The molecule has 7 heteroatoms. The van der Waals surface area contributed by atoms with Gasteiger partial charge < -0.3 is 19.7 Å². The zero-order valence-corrected chi connectivity index (χ0v) is 19.7. The van der Waals surface area contributed by atoms with Gasteiger partial charge in [0, 0.05) is 42.7 Å². The lowest BCUT2D eigenvalue weighted by atomic mass is 9.80. The minimum Gasteiger partial charge on any atom is -0.396 e. The van der Waals surface area contributed by atoms with Gasteiger partial charge in [-0.1, -0.05) is 25.3 Å². The van der Waals surface area contributed by atoms with Crippen LogP contribution in [0.2, 0.25) is 0 Å². The van der Waals surface area contributed by atoms with E-state index in [0.717, 1.165) is 60.6 Å². The Labute approximate surface area is 200 Å². The van der Waals surface area contributed by atoms with E-state index >= 15 is 0 Å². The van der Waals surface area contributed by atoms with Gasteiger partial charge in [0.15, 0.2) is 0 Å². The van der Waals surface area contributed by atoms with Gasteiger partial charge in [0.2, 0.25) is 0 Å². The van der Waals surface area contributed by atoms with Crippen molar-refractivity contribution in [1.29, 1.82) is 0 Å². The Morgan fingerprint density at radius 1 is 1.00 bits per heavy atom. The minimum absolute atomic E-state index is 0.0293. The molecule has 34 heavy (non-hydrogen) atoms. The first kappa shape index (κ1) is 21.7. The summed E-state index contributed by atoms with van der Waals surface area (Å²) in [5.74, 6) is 0.955. The van der Waals surface area contributed by atoms with E-state index in [9.17, 15) is 10.2 Å². The van der Waals surface area contributed by atoms with Crippen LogP contribution in [0.15, 0.2) is 35.6 Å². The second kappa shape index (κ2) is 8.78. The van der Waals surface area contributed by atoms with Crippen LogP contribution in [-0.2, 0) is 6.42 Å². The largest absolute Gasteiger partial charge is 0.396 e. The number of benzene rings is 1. The van der Waals surface area contributed by atoms with Crippen molar-refractivity contribution in [3.8, 4) is 11.3 Å². The van der Waals surface area contributed by atoms with E-state index in [-0.39, 0.29) is 18.6 Å². The van der Waals surface area contributed by atoms with Gasteiger partial charge in [0.1, 0.15) is 5.82 Å². The number of fused-ring (bicyclic) bond motifs is 2. The Morgan fingerprint density at radius 2 is 1.79 bits per heavy atom. The van der Waals surface area contributed by atoms with E-state index in [1.807, 2.05) is 12.5 Å². The highest BCUT2D eigenvalue weighted by Crippen LogP contribution is 2.40. The highest BCUT2D eigenvalue weighted by Gasteiger charge is 2.34. The molecule has 1 saturated heterocycles. The number of aliphatic hydroxyl groups is 2. The summed E-state index contributed by atoms with van der Waals surface area (Å²) in [5.41, 5.74) is 5.97. The van der Waals surface area contributed by atoms with E-state index in [1.54, 1.807) is 0 Å². The summed E-state index contributed by atoms with van der Waals surface area (Å²) in [6.45, 7) is 1.61. The van der Waals surface area contributed by atoms with Crippen molar-refractivity contribution in [1.82, 2.24) is 14.5 Å². The highest BCUT2D eigenvalue weighted by molar-refractivity contribution is 5.89. The highest BCUT2D eigenvalue weighted by atomic mass is 16.3. The van der Waals surface area contributed by atoms with Gasteiger partial charge in [0.25, 0.3) is 0 Å². The van der Waals surface area contributed by atoms with Gasteiger partial charge >= 0.3 is 0 Å². The molecule has 1 saturated carbocycles. The van der Waals surface area contributed by atoms with Crippen LogP contribution in [0.1, 0.15) is 56.6 Å². The normalized spacial score (nSPS) is 20.2. The van der Waals surface area contributed by atoms with Crippen LogP contribution in [0.4, 0.5) is 11.5 Å². The first-order valence-electron chi connectivity index (χ1n) is 12.7. The lowest BCUT2D eigenvalue weighted by Gasteiger charge is -2.40. The molecule has 3 aliphatic rings. The Balaban J connectivity index is 1.34. The molecule has 0 spiro atoms. The van der Waals surface area contributed by atoms with Crippen LogP contribution >= 0.6 is 0 Å². The first-order chi connectivity index (χ1) is 16.7. The third kappa shape index (κ3) is 3.71. The molecule has 0 amide bonds. The number of nitrogens with zero attached hydrogens (tertiary/aromatic N) is 5. The topological polar surface area (TPSA) is 86.8 Å². The maximum Gasteiger partial charge on any atom is 0.129 e. The molecule has 7 nitrogen and oxygen atoms in total. The lowest BCUT2D eigenvalue weighted by Crippen LogP contribution is -2.44. The Bertz CT molecular complexity index is 1210. The van der Waals surface area contributed by atoms with E-state index in [0.29, 0.717) is 6.04 Å². The summed E-state index contributed by atoms with van der Waals surface area (Å²) >= 11 is 0. The number of imidazole rings is 1. The van der Waals surface area contributed by atoms with Gasteiger partial charge in [-0.3, -0.25) is 4.99 Å². The molecule has 1 aromatic carbocycles. The summed E-state index contributed by atoms with van der Waals surface area (Å²) < 4.78 is 2.37. The number of hydrogen-bond donors (Lipinski definition) is 2. The predicted octanol–water partition coefficient (Wildman–Crippen LogP) is 4.43. The van der Waals surface area contributed by atoms with Crippen LogP contribution in [0.5, 0.6) is 0 Å². The number of pyridine rings is 1. The average molecular weight is 460 g/mol. The smallest absolute Gasteiger partial charge is 0.129 e. The molecule has 2 aliphatic heterocycles. The van der Waals surface area contributed by atoms with Crippen molar-refractivity contribution in [3.63, 3.8) is 0 Å². The van der Waals surface area contributed by atoms with Crippen LogP contribution in [-0.4, -0.2) is 57.3 Å². The molecular formula is C27H33N5O2. The molecule has 0 unspecified atom stereocenters. The zero-order chi connectivity index (χ0) is 23.1. The Morgan fingerprint density at radius 3 is 2.56 bits per heavy atom. The number of aliphatic imine (C=N–C) groups is 1. The van der Waals surface area contributed by atoms with Gasteiger partial charge in [-0.25, -0.2) is 9.97 Å². The lowest BCUT2D eigenvalue weighted by molar-refractivity contribution is 0.0340. The van der Waals surface area contributed by atoms with E-state index < -0.39 is 0 Å². The number of aromatic nitrogens is 3. The standard InChI is InChI=1S/C27H33N5O2/c33-16-27(17-34)9-12-31(13-10-27)24-15-20-8-11-28-25(20)26(30-24)19-6-7-23-22(14-19)29-18-32(23)21-4-2-1-3-5-21/h6-7,11,14-15,18,21,33-34H,1-5,8-10,12-13,16-17H2. The number of rotatable bonds is 5. The molecule has 0 atom stereocenters. The van der Waals surface area contributed by atoms with E-state index in [4.69, 9.17) is 9.97 Å². The molecule has 1 aliphatic carbocycles. The van der Waals surface area contributed by atoms with Crippen LogP contribution in [0, 0.1) is 5.41 Å². The molecule has 0 radical (unpaired) electrons. The molecule has 178 valence electrons. The fourth-order valence-electron chi connectivity index (χ4n) is 5.88. The Kier molecular flexibility index (Phi) is 5.62. The summed E-state index contributed by atoms with van der Waals surface area (Å²) in [5, 5.41) is 19.5. The van der Waals surface area contributed by atoms with E-state index in [2.05, 4.69) is 38.7 Å². The minimum atomic E-state index is -0.374. The van der Waals surface area contributed by atoms with Gasteiger partial charge in [-0.2, -0.15) is 0 Å². The third-order valence-electron chi connectivity index (χ3n) is 8.22. The monoisotopic (exact) mass is 459 g/mol. The van der Waals surface area contributed by atoms with Crippen LogP contribution < -0.4 is 4.90 Å². The molecule has 3 aromatic rings. The number of piperidine rings is 1.